The maximum atomic E-state index is 9.90. The van der Waals surface area contributed by atoms with Crippen molar-refractivity contribution in [3.63, 3.8) is 0 Å². The van der Waals surface area contributed by atoms with Crippen molar-refractivity contribution < 1.29 is 5.11 Å². The van der Waals surface area contributed by atoms with Crippen LogP contribution in [-0.2, 0) is 13.0 Å². The van der Waals surface area contributed by atoms with E-state index in [1.54, 1.807) is 12.4 Å². The molecule has 0 spiro atoms. The number of aromatic nitrogens is 5. The van der Waals surface area contributed by atoms with Gasteiger partial charge in [0.1, 0.15) is 17.4 Å². The van der Waals surface area contributed by atoms with Crippen LogP contribution in [-0.4, -0.2) is 54.1 Å². The van der Waals surface area contributed by atoms with Gasteiger partial charge in [0, 0.05) is 55.7 Å². The van der Waals surface area contributed by atoms with E-state index >= 15 is 0 Å². The molecule has 2 aromatic carbocycles. The Morgan fingerprint density at radius 2 is 1.76 bits per heavy atom. The Kier molecular flexibility index (Phi) is 7.75. The summed E-state index contributed by atoms with van der Waals surface area (Å²) < 4.78 is 0. The minimum Gasteiger partial charge on any atom is -0.392 e. The number of aliphatic hydroxyl groups excluding tert-OH is 1. The van der Waals surface area contributed by atoms with E-state index in [4.69, 9.17) is 4.98 Å². The molecule has 0 aliphatic carbocycles. The van der Waals surface area contributed by atoms with Gasteiger partial charge in [-0.1, -0.05) is 43.0 Å². The lowest BCUT2D eigenvalue weighted by Crippen LogP contribution is -2.21. The fraction of sp³-hybridized carbons (Fsp3) is 0.216. The van der Waals surface area contributed by atoms with Crippen LogP contribution in [0.5, 0.6) is 0 Å². The molecular weight excluding hydrogens is 558 g/mol. The maximum absolute atomic E-state index is 9.90. The van der Waals surface area contributed by atoms with E-state index in [1.165, 1.54) is 16.7 Å². The highest BCUT2D eigenvalue weighted by Gasteiger charge is 2.20. The van der Waals surface area contributed by atoms with E-state index in [1.807, 2.05) is 30.7 Å². The van der Waals surface area contributed by atoms with E-state index in [0.717, 1.165) is 80.9 Å². The molecule has 1 saturated heterocycles. The van der Waals surface area contributed by atoms with Crippen LogP contribution in [0.4, 0.5) is 11.5 Å². The van der Waals surface area contributed by atoms with Crippen molar-refractivity contribution in [3.8, 4) is 11.1 Å². The van der Waals surface area contributed by atoms with Gasteiger partial charge in [-0.3, -0.25) is 14.9 Å². The van der Waals surface area contributed by atoms with Crippen molar-refractivity contribution >= 4 is 39.5 Å². The molecule has 1 atom stereocenters. The number of aliphatic hydroxyl groups is 1. The lowest BCUT2D eigenvalue weighted by molar-refractivity contribution is 0.175. The molecule has 1 aliphatic rings. The van der Waals surface area contributed by atoms with Crippen molar-refractivity contribution in [2.24, 2.45) is 0 Å². The highest BCUT2D eigenvalue weighted by Crippen LogP contribution is 2.35. The first-order valence-corrected chi connectivity index (χ1v) is 15.3. The van der Waals surface area contributed by atoms with Crippen LogP contribution < -0.4 is 5.32 Å². The van der Waals surface area contributed by atoms with Crippen molar-refractivity contribution in [2.45, 2.75) is 39.3 Å². The van der Waals surface area contributed by atoms with E-state index in [0.29, 0.717) is 13.0 Å². The Morgan fingerprint density at radius 1 is 0.933 bits per heavy atom. The van der Waals surface area contributed by atoms with E-state index in [-0.39, 0.29) is 6.10 Å². The van der Waals surface area contributed by atoms with Gasteiger partial charge in [0.05, 0.1) is 17.3 Å². The summed E-state index contributed by atoms with van der Waals surface area (Å²) in [6.45, 7) is 10.6. The second-order valence-corrected chi connectivity index (χ2v) is 11.8. The molecule has 5 heterocycles. The first-order chi connectivity index (χ1) is 22.0. The molecule has 45 heavy (non-hydrogen) atoms. The van der Waals surface area contributed by atoms with Gasteiger partial charge in [0.25, 0.3) is 0 Å². The van der Waals surface area contributed by atoms with Gasteiger partial charge in [-0.05, 0) is 83.5 Å². The molecule has 224 valence electrons. The summed E-state index contributed by atoms with van der Waals surface area (Å²) in [5.74, 6) is 0.726. The molecule has 0 unspecified atom stereocenters. The third-order valence-electron chi connectivity index (χ3n) is 8.80. The SMILES string of the molecule is C=Cc1cnc2c(Cc3cccc(-c4cccc(Nc5nccc6cc(CN7CC[C@@H](O)C7)cnc56)c4C)c3C)ncnc2c1. The second kappa shape index (κ2) is 12.1. The van der Waals surface area contributed by atoms with Crippen LogP contribution in [0, 0.1) is 13.8 Å². The number of hydrogen-bond donors (Lipinski definition) is 2. The summed E-state index contributed by atoms with van der Waals surface area (Å²) >= 11 is 0. The summed E-state index contributed by atoms with van der Waals surface area (Å²) in [4.78, 5) is 25.4. The van der Waals surface area contributed by atoms with E-state index < -0.39 is 0 Å². The maximum Gasteiger partial charge on any atom is 0.156 e. The van der Waals surface area contributed by atoms with Gasteiger partial charge in [0.15, 0.2) is 5.82 Å². The topological polar surface area (TPSA) is 100.0 Å². The molecule has 8 nitrogen and oxygen atoms in total. The van der Waals surface area contributed by atoms with Gasteiger partial charge in [-0.15, -0.1) is 0 Å². The van der Waals surface area contributed by atoms with Crippen LogP contribution in [0.25, 0.3) is 39.1 Å². The van der Waals surface area contributed by atoms with Gasteiger partial charge in [0.2, 0.25) is 0 Å². The molecule has 2 N–H and O–H groups in total. The normalized spacial score (nSPS) is 15.1. The zero-order valence-electron chi connectivity index (χ0n) is 25.5. The molecule has 0 bridgehead atoms. The minimum absolute atomic E-state index is 0.231. The Hall–Kier alpha value is -5.05. The van der Waals surface area contributed by atoms with Crippen LogP contribution in [0.1, 0.15) is 39.9 Å². The molecule has 7 rings (SSSR count). The lowest BCUT2D eigenvalue weighted by Gasteiger charge is -2.18. The molecule has 4 aromatic heterocycles. The van der Waals surface area contributed by atoms with Crippen LogP contribution in [0.3, 0.4) is 0 Å². The van der Waals surface area contributed by atoms with Gasteiger partial charge < -0.3 is 10.4 Å². The van der Waals surface area contributed by atoms with Crippen LogP contribution >= 0.6 is 0 Å². The molecule has 0 radical (unpaired) electrons. The zero-order valence-corrected chi connectivity index (χ0v) is 25.5. The molecule has 0 saturated carbocycles. The predicted octanol–water partition coefficient (Wildman–Crippen LogP) is 6.80. The average molecular weight is 594 g/mol. The van der Waals surface area contributed by atoms with Crippen LogP contribution in [0.15, 0.2) is 86.1 Å². The highest BCUT2D eigenvalue weighted by molar-refractivity contribution is 5.91. The van der Waals surface area contributed by atoms with Crippen molar-refractivity contribution in [1.29, 1.82) is 0 Å². The smallest absolute Gasteiger partial charge is 0.156 e. The summed E-state index contributed by atoms with van der Waals surface area (Å²) in [6, 6.07) is 19.0. The monoisotopic (exact) mass is 593 g/mol. The first kappa shape index (κ1) is 28.7. The third-order valence-corrected chi connectivity index (χ3v) is 8.80. The van der Waals surface area contributed by atoms with Gasteiger partial charge in [-0.25, -0.2) is 15.0 Å². The third kappa shape index (κ3) is 5.78. The zero-order chi connectivity index (χ0) is 30.9. The number of benzene rings is 2. The largest absolute Gasteiger partial charge is 0.392 e. The first-order valence-electron chi connectivity index (χ1n) is 15.3. The number of anilines is 2. The number of pyridine rings is 3. The number of hydrogen-bond acceptors (Lipinski definition) is 8. The molecule has 1 aliphatic heterocycles. The number of β-amino-alcohol motifs (C(OH)–C–C–N with tert-alkyl or cyclic N) is 1. The van der Waals surface area contributed by atoms with Gasteiger partial charge >= 0.3 is 0 Å². The van der Waals surface area contributed by atoms with Crippen molar-refractivity contribution in [2.75, 3.05) is 18.4 Å². The summed E-state index contributed by atoms with van der Waals surface area (Å²) in [5.41, 5.74) is 12.3. The predicted molar refractivity (Wildman–Crippen MR) is 180 cm³/mol. The summed E-state index contributed by atoms with van der Waals surface area (Å²) in [5, 5.41) is 14.5. The van der Waals surface area contributed by atoms with E-state index in [2.05, 4.69) is 93.0 Å². The highest BCUT2D eigenvalue weighted by atomic mass is 16.3. The number of nitrogens with one attached hydrogen (secondary N) is 1. The Balaban J connectivity index is 1.17. The van der Waals surface area contributed by atoms with Crippen molar-refractivity contribution in [1.82, 2.24) is 29.8 Å². The second-order valence-electron chi connectivity index (χ2n) is 11.8. The molecular formula is C37H35N7O. The molecule has 8 heteroatoms. The van der Waals surface area contributed by atoms with Crippen LogP contribution in [0.2, 0.25) is 0 Å². The minimum atomic E-state index is -0.231. The number of rotatable bonds is 8. The number of likely N-dealkylation sites (tertiary alicyclic amines) is 1. The molecule has 6 aromatic rings. The quantitative estimate of drug-likeness (QED) is 0.199. The standard InChI is InChI=1S/C37H35N7O/c1-4-25-16-33-36(40-18-25)34(42-22-41-33)17-27-7-5-8-30(23(27)2)31-9-6-10-32(24(31)3)43-37-35-28(11-13-38-37)15-26(19-39-35)20-44-14-12-29(45)21-44/h4-11,13,15-16,18-19,22,29,45H,1,12,14,17,20-21H2,2-3H3,(H,38,43)/t29-/m1/s1. The summed E-state index contributed by atoms with van der Waals surface area (Å²) in [7, 11) is 0. The fourth-order valence-electron chi connectivity index (χ4n) is 6.29. The fourth-order valence-corrected chi connectivity index (χ4v) is 6.29. The lowest BCUT2D eigenvalue weighted by atomic mass is 9.91. The Labute approximate surface area is 262 Å². The Bertz CT molecular complexity index is 2060. The van der Waals surface area contributed by atoms with E-state index in [9.17, 15) is 5.11 Å². The Morgan fingerprint density at radius 3 is 2.58 bits per heavy atom. The molecule has 1 fully saturated rings. The number of fused-ring (bicyclic) bond motifs is 2. The van der Waals surface area contributed by atoms with Crippen molar-refractivity contribution in [3.05, 3.63) is 120 Å². The molecule has 0 amide bonds. The average Bonchev–Trinajstić information content (AvgIpc) is 3.47. The van der Waals surface area contributed by atoms with Gasteiger partial charge in [-0.2, -0.15) is 0 Å². The number of nitrogens with zero attached hydrogens (tertiary/aromatic N) is 6. The summed E-state index contributed by atoms with van der Waals surface area (Å²) in [6.07, 6.45) is 10.2.